The number of carbonyl (C=O) groups excluding carboxylic acids is 1. The molecular formula is C15H16F3N3O2. The number of halogens is 3. The SMILES string of the molecule is CC(C)(CC(F)(F)F)C(=O)N1CCOc2c(C#N)cncc2C1. The fraction of sp³-hybridized carbons (Fsp3) is 0.533. The van der Waals surface area contributed by atoms with Gasteiger partial charge in [0.25, 0.3) is 0 Å². The number of rotatable bonds is 2. The number of fused-ring (bicyclic) bond motifs is 1. The van der Waals surface area contributed by atoms with Gasteiger partial charge in [-0.2, -0.15) is 18.4 Å². The van der Waals surface area contributed by atoms with Crippen molar-refractivity contribution in [2.45, 2.75) is 33.0 Å². The monoisotopic (exact) mass is 327 g/mol. The fourth-order valence-electron chi connectivity index (χ4n) is 2.58. The van der Waals surface area contributed by atoms with Crippen LogP contribution in [-0.4, -0.2) is 35.1 Å². The Morgan fingerprint density at radius 2 is 2.13 bits per heavy atom. The highest BCUT2D eigenvalue weighted by atomic mass is 19.4. The number of pyridine rings is 1. The molecule has 1 aromatic heterocycles. The van der Waals surface area contributed by atoms with Crippen LogP contribution in [0.2, 0.25) is 0 Å². The van der Waals surface area contributed by atoms with E-state index >= 15 is 0 Å². The van der Waals surface area contributed by atoms with Crippen molar-refractivity contribution in [3.63, 3.8) is 0 Å². The van der Waals surface area contributed by atoms with Gasteiger partial charge in [0.2, 0.25) is 5.91 Å². The topological polar surface area (TPSA) is 66.2 Å². The number of amides is 1. The Morgan fingerprint density at radius 3 is 2.74 bits per heavy atom. The molecule has 0 radical (unpaired) electrons. The second-order valence-corrected chi connectivity index (χ2v) is 6.04. The zero-order valence-electron chi connectivity index (χ0n) is 12.8. The fourth-order valence-corrected chi connectivity index (χ4v) is 2.58. The lowest BCUT2D eigenvalue weighted by atomic mass is 9.87. The van der Waals surface area contributed by atoms with Crippen LogP contribution < -0.4 is 4.74 Å². The van der Waals surface area contributed by atoms with Gasteiger partial charge < -0.3 is 9.64 Å². The molecule has 0 aromatic carbocycles. The summed E-state index contributed by atoms with van der Waals surface area (Å²) in [6.45, 7) is 2.88. The zero-order chi connectivity index (χ0) is 17.3. The molecule has 1 aliphatic rings. The number of hydrogen-bond acceptors (Lipinski definition) is 4. The second-order valence-electron chi connectivity index (χ2n) is 6.04. The lowest BCUT2D eigenvalue weighted by Gasteiger charge is -2.31. The van der Waals surface area contributed by atoms with Crippen molar-refractivity contribution in [3.8, 4) is 11.8 Å². The molecule has 0 unspecified atom stereocenters. The first kappa shape index (κ1) is 17.1. The molecule has 1 aliphatic heterocycles. The van der Waals surface area contributed by atoms with Gasteiger partial charge in [-0.3, -0.25) is 9.78 Å². The Balaban J connectivity index is 2.25. The molecule has 0 atom stereocenters. The van der Waals surface area contributed by atoms with Crippen LogP contribution in [-0.2, 0) is 11.3 Å². The molecule has 0 aliphatic carbocycles. The summed E-state index contributed by atoms with van der Waals surface area (Å²) < 4.78 is 43.5. The Labute approximate surface area is 131 Å². The lowest BCUT2D eigenvalue weighted by Crippen LogP contribution is -2.43. The van der Waals surface area contributed by atoms with Crippen LogP contribution in [0.25, 0.3) is 0 Å². The normalized spacial score (nSPS) is 15.2. The Bertz CT molecular complexity index is 650. The molecular weight excluding hydrogens is 311 g/mol. The number of nitrogens with zero attached hydrogens (tertiary/aromatic N) is 3. The molecule has 2 heterocycles. The molecule has 8 heteroatoms. The van der Waals surface area contributed by atoms with Gasteiger partial charge in [-0.15, -0.1) is 0 Å². The van der Waals surface area contributed by atoms with Gasteiger partial charge in [-0.05, 0) is 0 Å². The van der Waals surface area contributed by atoms with Gasteiger partial charge in [0, 0.05) is 18.0 Å². The Morgan fingerprint density at radius 1 is 1.43 bits per heavy atom. The minimum absolute atomic E-state index is 0.0674. The largest absolute Gasteiger partial charge is 0.490 e. The summed E-state index contributed by atoms with van der Waals surface area (Å²) in [5.74, 6) is -0.264. The van der Waals surface area contributed by atoms with Gasteiger partial charge in [0.05, 0.1) is 24.9 Å². The first-order chi connectivity index (χ1) is 10.6. The van der Waals surface area contributed by atoms with Crippen molar-refractivity contribution >= 4 is 5.91 Å². The predicted molar refractivity (Wildman–Crippen MR) is 74.3 cm³/mol. The number of hydrogen-bond donors (Lipinski definition) is 0. The van der Waals surface area contributed by atoms with Crippen molar-refractivity contribution in [2.24, 2.45) is 5.41 Å². The minimum atomic E-state index is -4.42. The quantitative estimate of drug-likeness (QED) is 0.837. The van der Waals surface area contributed by atoms with Crippen LogP contribution in [0, 0.1) is 16.7 Å². The first-order valence-electron chi connectivity index (χ1n) is 7.00. The summed E-state index contributed by atoms with van der Waals surface area (Å²) >= 11 is 0. The molecule has 1 aromatic rings. The predicted octanol–water partition coefficient (Wildman–Crippen LogP) is 2.65. The van der Waals surface area contributed by atoms with E-state index in [2.05, 4.69) is 4.98 Å². The van der Waals surface area contributed by atoms with Gasteiger partial charge in [0.15, 0.2) is 0 Å². The van der Waals surface area contributed by atoms with Crippen LogP contribution in [0.3, 0.4) is 0 Å². The van der Waals surface area contributed by atoms with Gasteiger partial charge in [-0.1, -0.05) is 13.8 Å². The van der Waals surface area contributed by atoms with Crippen LogP contribution in [0.15, 0.2) is 12.4 Å². The molecule has 0 N–H and O–H groups in total. The second kappa shape index (κ2) is 6.07. The van der Waals surface area contributed by atoms with E-state index in [4.69, 9.17) is 10.00 Å². The number of alkyl halides is 3. The van der Waals surface area contributed by atoms with E-state index in [1.165, 1.54) is 31.1 Å². The molecule has 5 nitrogen and oxygen atoms in total. The summed E-state index contributed by atoms with van der Waals surface area (Å²) in [6, 6.07) is 1.95. The van der Waals surface area contributed by atoms with Gasteiger partial charge in [0.1, 0.15) is 24.0 Å². The molecule has 0 spiro atoms. The third kappa shape index (κ3) is 3.92. The summed E-state index contributed by atoms with van der Waals surface area (Å²) in [6.07, 6.45) is -2.81. The smallest absolute Gasteiger partial charge is 0.390 e. The Hall–Kier alpha value is -2.30. The average molecular weight is 327 g/mol. The molecule has 0 saturated carbocycles. The van der Waals surface area contributed by atoms with E-state index in [1.807, 2.05) is 6.07 Å². The summed E-state index contributed by atoms with van der Waals surface area (Å²) in [4.78, 5) is 17.7. The minimum Gasteiger partial charge on any atom is -0.490 e. The Kier molecular flexibility index (Phi) is 4.50. The van der Waals surface area contributed by atoms with Gasteiger partial charge >= 0.3 is 6.18 Å². The molecule has 0 saturated heterocycles. The van der Waals surface area contributed by atoms with Crippen molar-refractivity contribution in [1.82, 2.24) is 9.88 Å². The van der Waals surface area contributed by atoms with Gasteiger partial charge in [-0.25, -0.2) is 0 Å². The highest BCUT2D eigenvalue weighted by Crippen LogP contribution is 2.36. The van der Waals surface area contributed by atoms with Crippen molar-refractivity contribution < 1.29 is 22.7 Å². The maximum atomic E-state index is 12.7. The molecule has 0 bridgehead atoms. The van der Waals surface area contributed by atoms with Crippen LogP contribution >= 0.6 is 0 Å². The zero-order valence-corrected chi connectivity index (χ0v) is 12.8. The standard InChI is InChI=1S/C15H16F3N3O2/c1-14(2,9-15(16,17)18)13(22)21-3-4-23-12-10(5-19)6-20-7-11(12)8-21/h6-7H,3-4,8-9H2,1-2H3. The van der Waals surface area contributed by atoms with E-state index in [9.17, 15) is 18.0 Å². The summed E-state index contributed by atoms with van der Waals surface area (Å²) in [5.41, 5.74) is -0.813. The van der Waals surface area contributed by atoms with E-state index in [0.717, 1.165) is 0 Å². The van der Waals surface area contributed by atoms with E-state index in [0.29, 0.717) is 11.3 Å². The highest BCUT2D eigenvalue weighted by molar-refractivity contribution is 5.82. The maximum Gasteiger partial charge on any atom is 0.390 e. The van der Waals surface area contributed by atoms with E-state index in [-0.39, 0.29) is 25.3 Å². The molecule has 1 amide bonds. The summed E-state index contributed by atoms with van der Waals surface area (Å²) in [7, 11) is 0. The number of carbonyl (C=O) groups is 1. The van der Waals surface area contributed by atoms with Crippen LogP contribution in [0.4, 0.5) is 13.2 Å². The van der Waals surface area contributed by atoms with Crippen molar-refractivity contribution in [1.29, 1.82) is 5.26 Å². The van der Waals surface area contributed by atoms with Crippen molar-refractivity contribution in [3.05, 3.63) is 23.5 Å². The number of ether oxygens (including phenoxy) is 1. The summed E-state index contributed by atoms with van der Waals surface area (Å²) in [5, 5.41) is 9.04. The third-order valence-electron chi connectivity index (χ3n) is 3.57. The average Bonchev–Trinajstić information content (AvgIpc) is 2.65. The molecule has 124 valence electrons. The number of aromatic nitrogens is 1. The van der Waals surface area contributed by atoms with Crippen LogP contribution in [0.1, 0.15) is 31.4 Å². The van der Waals surface area contributed by atoms with Crippen molar-refractivity contribution in [2.75, 3.05) is 13.2 Å². The van der Waals surface area contributed by atoms with E-state index in [1.54, 1.807) is 0 Å². The number of nitriles is 1. The highest BCUT2D eigenvalue weighted by Gasteiger charge is 2.43. The lowest BCUT2D eigenvalue weighted by molar-refractivity contribution is -0.170. The van der Waals surface area contributed by atoms with Crippen LogP contribution in [0.5, 0.6) is 5.75 Å². The molecule has 23 heavy (non-hydrogen) atoms. The third-order valence-corrected chi connectivity index (χ3v) is 3.57. The maximum absolute atomic E-state index is 12.7. The molecule has 2 rings (SSSR count). The first-order valence-corrected chi connectivity index (χ1v) is 7.00. The van der Waals surface area contributed by atoms with E-state index < -0.39 is 23.9 Å². The molecule has 0 fully saturated rings.